The average molecular weight is 363 g/mol. The third-order valence-corrected chi connectivity index (χ3v) is 3.14. The fourth-order valence-corrected chi connectivity index (χ4v) is 2.14. The van der Waals surface area contributed by atoms with Gasteiger partial charge in [0.2, 0.25) is 0 Å². The average Bonchev–Trinajstić information content (AvgIpc) is 2.69. The summed E-state index contributed by atoms with van der Waals surface area (Å²) in [5.74, 6) is 1.66. The number of guanidine groups is 1. The van der Waals surface area contributed by atoms with Crippen molar-refractivity contribution in [2.45, 2.75) is 32.1 Å². The molecular weight excluding hydrogens is 341 g/mol. The largest absolute Gasteiger partial charge is 0.469 e. The van der Waals surface area contributed by atoms with Gasteiger partial charge in [0, 0.05) is 26.1 Å². The van der Waals surface area contributed by atoms with Crippen LogP contribution in [0.4, 0.5) is 0 Å². The number of nitrogens with two attached hydrogens (primary N) is 1. The van der Waals surface area contributed by atoms with E-state index in [0.29, 0.717) is 12.5 Å². The molecule has 18 heavy (non-hydrogen) atoms. The van der Waals surface area contributed by atoms with Crippen LogP contribution in [-0.2, 0) is 6.42 Å². The molecule has 2 rings (SSSR count). The maximum absolute atomic E-state index is 6.00. The summed E-state index contributed by atoms with van der Waals surface area (Å²) in [7, 11) is 0. The zero-order valence-electron chi connectivity index (χ0n) is 10.7. The lowest BCUT2D eigenvalue weighted by Gasteiger charge is -2.20. The maximum atomic E-state index is 6.00. The Labute approximate surface area is 126 Å². The van der Waals surface area contributed by atoms with Crippen LogP contribution in [0.25, 0.3) is 0 Å². The molecule has 0 atom stereocenters. The monoisotopic (exact) mass is 363 g/mol. The quantitative estimate of drug-likeness (QED) is 0.510. The Balaban J connectivity index is 0.00000162. The third-order valence-electron chi connectivity index (χ3n) is 3.14. The van der Waals surface area contributed by atoms with Crippen molar-refractivity contribution in [2.75, 3.05) is 19.6 Å². The van der Waals surface area contributed by atoms with E-state index in [9.17, 15) is 0 Å². The number of hydrogen-bond donors (Lipinski definition) is 1. The first-order chi connectivity index (χ1) is 8.36. The molecule has 0 aromatic carbocycles. The predicted molar refractivity (Wildman–Crippen MR) is 84.4 cm³/mol. The smallest absolute Gasteiger partial charge is 0.191 e. The Kier molecular flexibility index (Phi) is 7.15. The minimum Gasteiger partial charge on any atom is -0.469 e. The molecule has 0 saturated carbocycles. The summed E-state index contributed by atoms with van der Waals surface area (Å²) in [5.41, 5.74) is 6.00. The van der Waals surface area contributed by atoms with E-state index in [0.717, 1.165) is 25.3 Å². The van der Waals surface area contributed by atoms with Gasteiger partial charge in [0.05, 0.1) is 6.26 Å². The van der Waals surface area contributed by atoms with E-state index in [1.807, 2.05) is 12.1 Å². The van der Waals surface area contributed by atoms with Gasteiger partial charge < -0.3 is 15.1 Å². The molecular formula is C13H22IN3O. The van der Waals surface area contributed by atoms with Crippen molar-refractivity contribution in [3.63, 3.8) is 0 Å². The molecule has 1 aliphatic heterocycles. The van der Waals surface area contributed by atoms with Crippen LogP contribution in [0, 0.1) is 0 Å². The lowest BCUT2D eigenvalue weighted by Crippen LogP contribution is -2.38. The van der Waals surface area contributed by atoms with Gasteiger partial charge in [-0.25, -0.2) is 0 Å². The first-order valence-corrected chi connectivity index (χ1v) is 6.43. The zero-order valence-corrected chi connectivity index (χ0v) is 13.0. The molecule has 0 unspecified atom stereocenters. The summed E-state index contributed by atoms with van der Waals surface area (Å²) in [6.45, 7) is 2.81. The topological polar surface area (TPSA) is 54.8 Å². The molecule has 1 aromatic heterocycles. The molecule has 0 radical (unpaired) electrons. The molecule has 0 aliphatic carbocycles. The summed E-state index contributed by atoms with van der Waals surface area (Å²) < 4.78 is 5.26. The van der Waals surface area contributed by atoms with E-state index in [4.69, 9.17) is 10.2 Å². The second-order valence-electron chi connectivity index (χ2n) is 4.47. The van der Waals surface area contributed by atoms with E-state index in [1.54, 1.807) is 6.26 Å². The number of likely N-dealkylation sites (tertiary alicyclic amines) is 1. The molecule has 2 N–H and O–H groups in total. The van der Waals surface area contributed by atoms with Gasteiger partial charge in [0.15, 0.2) is 5.96 Å². The SMILES string of the molecule is I.NC(=NCCc1ccco1)N1CCCCCC1. The fourth-order valence-electron chi connectivity index (χ4n) is 2.14. The van der Waals surface area contributed by atoms with Gasteiger partial charge in [-0.3, -0.25) is 4.99 Å². The van der Waals surface area contributed by atoms with Crippen molar-refractivity contribution in [1.82, 2.24) is 4.90 Å². The van der Waals surface area contributed by atoms with Crippen molar-refractivity contribution < 1.29 is 4.42 Å². The van der Waals surface area contributed by atoms with E-state index in [-0.39, 0.29) is 24.0 Å². The third kappa shape index (κ3) is 4.88. The van der Waals surface area contributed by atoms with Gasteiger partial charge in [-0.1, -0.05) is 12.8 Å². The minimum absolute atomic E-state index is 0. The highest BCUT2D eigenvalue weighted by molar-refractivity contribution is 14.0. The van der Waals surface area contributed by atoms with E-state index < -0.39 is 0 Å². The lowest BCUT2D eigenvalue weighted by atomic mass is 10.2. The number of hydrogen-bond acceptors (Lipinski definition) is 2. The number of rotatable bonds is 3. The molecule has 0 bridgehead atoms. The molecule has 1 aliphatic rings. The van der Waals surface area contributed by atoms with Crippen LogP contribution in [0.15, 0.2) is 27.8 Å². The second-order valence-corrected chi connectivity index (χ2v) is 4.47. The Morgan fingerprint density at radius 1 is 1.28 bits per heavy atom. The Bertz CT molecular complexity index is 343. The van der Waals surface area contributed by atoms with Crippen molar-refractivity contribution in [3.8, 4) is 0 Å². The van der Waals surface area contributed by atoms with E-state index >= 15 is 0 Å². The molecule has 1 saturated heterocycles. The van der Waals surface area contributed by atoms with Gasteiger partial charge in [-0.05, 0) is 25.0 Å². The number of aliphatic imine (C=N–C) groups is 1. The van der Waals surface area contributed by atoms with Gasteiger partial charge in [0.1, 0.15) is 5.76 Å². The van der Waals surface area contributed by atoms with Crippen LogP contribution >= 0.6 is 24.0 Å². The number of halogens is 1. The summed E-state index contributed by atoms with van der Waals surface area (Å²) in [4.78, 5) is 6.63. The number of nitrogens with zero attached hydrogens (tertiary/aromatic N) is 2. The molecule has 4 nitrogen and oxygen atoms in total. The molecule has 1 aromatic rings. The van der Waals surface area contributed by atoms with Crippen molar-refractivity contribution in [2.24, 2.45) is 10.7 Å². The lowest BCUT2D eigenvalue weighted by molar-refractivity contribution is 0.428. The second kappa shape index (κ2) is 8.39. The first-order valence-electron chi connectivity index (χ1n) is 6.43. The standard InChI is InChI=1S/C13H21N3O.HI/c14-13(16-9-3-1-2-4-10-16)15-8-7-12-6-5-11-17-12;/h5-6,11H,1-4,7-10H2,(H2,14,15);1H. The van der Waals surface area contributed by atoms with Gasteiger partial charge in [-0.2, -0.15) is 0 Å². The fraction of sp³-hybridized carbons (Fsp3) is 0.615. The highest BCUT2D eigenvalue weighted by atomic mass is 127. The van der Waals surface area contributed by atoms with Gasteiger partial charge >= 0.3 is 0 Å². The van der Waals surface area contributed by atoms with E-state index in [1.165, 1.54) is 25.7 Å². The highest BCUT2D eigenvalue weighted by Gasteiger charge is 2.10. The Morgan fingerprint density at radius 3 is 2.61 bits per heavy atom. The molecule has 0 amide bonds. The predicted octanol–water partition coefficient (Wildman–Crippen LogP) is 2.63. The van der Waals surface area contributed by atoms with Crippen LogP contribution in [-0.4, -0.2) is 30.5 Å². The number of furan rings is 1. The van der Waals surface area contributed by atoms with Crippen LogP contribution in [0.5, 0.6) is 0 Å². The van der Waals surface area contributed by atoms with E-state index in [2.05, 4.69) is 9.89 Å². The van der Waals surface area contributed by atoms with Gasteiger partial charge in [-0.15, -0.1) is 24.0 Å². The highest BCUT2D eigenvalue weighted by Crippen LogP contribution is 2.09. The Hall–Kier alpha value is -0.720. The summed E-state index contributed by atoms with van der Waals surface area (Å²) in [6.07, 6.45) is 7.61. The molecule has 102 valence electrons. The van der Waals surface area contributed by atoms with Crippen LogP contribution in [0.1, 0.15) is 31.4 Å². The Morgan fingerprint density at radius 2 is 2.00 bits per heavy atom. The van der Waals surface area contributed by atoms with Crippen molar-refractivity contribution in [3.05, 3.63) is 24.2 Å². The van der Waals surface area contributed by atoms with Gasteiger partial charge in [0.25, 0.3) is 0 Å². The first kappa shape index (κ1) is 15.3. The van der Waals surface area contributed by atoms with Crippen LogP contribution < -0.4 is 5.73 Å². The minimum atomic E-state index is 0. The normalized spacial score (nSPS) is 17.1. The van der Waals surface area contributed by atoms with Crippen molar-refractivity contribution >= 4 is 29.9 Å². The summed E-state index contributed by atoms with van der Waals surface area (Å²) in [5, 5.41) is 0. The summed E-state index contributed by atoms with van der Waals surface area (Å²) in [6, 6.07) is 3.87. The van der Waals surface area contributed by atoms with Crippen LogP contribution in [0.2, 0.25) is 0 Å². The maximum Gasteiger partial charge on any atom is 0.191 e. The molecule has 5 heteroatoms. The van der Waals surface area contributed by atoms with Crippen LogP contribution in [0.3, 0.4) is 0 Å². The molecule has 1 fully saturated rings. The molecule has 0 spiro atoms. The summed E-state index contributed by atoms with van der Waals surface area (Å²) >= 11 is 0. The molecule has 2 heterocycles. The zero-order chi connectivity index (χ0) is 11.9. The van der Waals surface area contributed by atoms with Crippen molar-refractivity contribution in [1.29, 1.82) is 0 Å².